The number of benzene rings is 2. The maximum absolute atomic E-state index is 13.3. The van der Waals surface area contributed by atoms with Crippen molar-refractivity contribution < 1.29 is 22.1 Å². The van der Waals surface area contributed by atoms with Gasteiger partial charge in [-0.3, -0.25) is 4.72 Å². The van der Waals surface area contributed by atoms with Crippen molar-refractivity contribution in [1.82, 2.24) is 0 Å². The Labute approximate surface area is 152 Å². The van der Waals surface area contributed by atoms with Crippen molar-refractivity contribution in [3.63, 3.8) is 0 Å². The smallest absolute Gasteiger partial charge is 0.261 e. The highest BCUT2D eigenvalue weighted by Gasteiger charge is 2.19. The van der Waals surface area contributed by atoms with Crippen LogP contribution in [0.4, 0.5) is 20.2 Å². The number of piperazine rings is 1. The van der Waals surface area contributed by atoms with Crippen LogP contribution in [0.1, 0.15) is 6.92 Å². The van der Waals surface area contributed by atoms with E-state index in [0.717, 1.165) is 50.5 Å². The Hall–Kier alpha value is -2.19. The van der Waals surface area contributed by atoms with Gasteiger partial charge in [0.1, 0.15) is 0 Å². The van der Waals surface area contributed by atoms with Gasteiger partial charge in [-0.05, 0) is 49.4 Å². The molecule has 2 aromatic rings. The lowest BCUT2D eigenvalue weighted by Gasteiger charge is -2.33. The number of sulfonamides is 1. The molecular formula is C18H22F2N3O2S+. The first-order chi connectivity index (χ1) is 12.4. The first-order valence-corrected chi connectivity index (χ1v) is 10.0. The largest absolute Gasteiger partial charge is 0.360 e. The van der Waals surface area contributed by atoms with E-state index in [4.69, 9.17) is 0 Å². The summed E-state index contributed by atoms with van der Waals surface area (Å²) >= 11 is 0. The summed E-state index contributed by atoms with van der Waals surface area (Å²) in [7, 11) is -3.97. The molecule has 0 radical (unpaired) electrons. The molecule has 0 aliphatic carbocycles. The quantitative estimate of drug-likeness (QED) is 0.824. The number of likely N-dealkylation sites (N-methyl/N-ethyl adjacent to an activating group) is 1. The molecule has 0 atom stereocenters. The van der Waals surface area contributed by atoms with Gasteiger partial charge in [0.05, 0.1) is 37.6 Å². The topological polar surface area (TPSA) is 53.9 Å². The molecule has 1 fully saturated rings. The lowest BCUT2D eigenvalue weighted by atomic mass is 10.2. The number of hydrogen-bond acceptors (Lipinski definition) is 3. The molecule has 140 valence electrons. The molecule has 0 aromatic heterocycles. The van der Waals surface area contributed by atoms with E-state index in [-0.39, 0.29) is 4.90 Å². The summed E-state index contributed by atoms with van der Waals surface area (Å²) in [6, 6.07) is 9.56. The first kappa shape index (κ1) is 18.6. The molecule has 2 N–H and O–H groups in total. The van der Waals surface area contributed by atoms with Crippen LogP contribution >= 0.6 is 0 Å². The second-order valence-corrected chi connectivity index (χ2v) is 8.00. The van der Waals surface area contributed by atoms with E-state index >= 15 is 0 Å². The number of anilines is 2. The predicted octanol–water partition coefficient (Wildman–Crippen LogP) is 1.49. The fourth-order valence-electron chi connectivity index (χ4n) is 3.03. The van der Waals surface area contributed by atoms with E-state index in [0.29, 0.717) is 11.8 Å². The van der Waals surface area contributed by atoms with Crippen molar-refractivity contribution in [3.8, 4) is 0 Å². The second-order valence-electron chi connectivity index (χ2n) is 6.32. The summed E-state index contributed by atoms with van der Waals surface area (Å²) in [5.41, 5.74) is 1.41. The van der Waals surface area contributed by atoms with Gasteiger partial charge >= 0.3 is 0 Å². The summed E-state index contributed by atoms with van der Waals surface area (Å²) in [4.78, 5) is 3.53. The van der Waals surface area contributed by atoms with Gasteiger partial charge in [-0.25, -0.2) is 17.2 Å². The SMILES string of the molecule is CC[NH+]1CCN(c2ccc(NS(=O)(=O)c3ccc(F)c(F)c3)cc2)CC1. The minimum atomic E-state index is -3.97. The van der Waals surface area contributed by atoms with Gasteiger partial charge in [-0.2, -0.15) is 0 Å². The minimum absolute atomic E-state index is 0.320. The summed E-state index contributed by atoms with van der Waals surface area (Å²) in [6.45, 7) is 7.39. The maximum Gasteiger partial charge on any atom is 0.261 e. The van der Waals surface area contributed by atoms with Crippen molar-refractivity contribution in [2.24, 2.45) is 0 Å². The Bertz CT molecular complexity index is 865. The van der Waals surface area contributed by atoms with Crippen LogP contribution in [0.25, 0.3) is 0 Å². The molecule has 1 heterocycles. The van der Waals surface area contributed by atoms with Crippen molar-refractivity contribution in [2.45, 2.75) is 11.8 Å². The van der Waals surface area contributed by atoms with Crippen molar-refractivity contribution >= 4 is 21.4 Å². The third-order valence-corrected chi connectivity index (χ3v) is 6.04. The summed E-state index contributed by atoms with van der Waals surface area (Å²) in [5, 5.41) is 0. The van der Waals surface area contributed by atoms with Gasteiger partial charge in [-0.15, -0.1) is 0 Å². The van der Waals surface area contributed by atoms with Crippen molar-refractivity contribution in [2.75, 3.05) is 42.3 Å². The van der Waals surface area contributed by atoms with Crippen LogP contribution in [0.3, 0.4) is 0 Å². The third kappa shape index (κ3) is 4.13. The number of hydrogen-bond donors (Lipinski definition) is 2. The van der Waals surface area contributed by atoms with Crippen LogP contribution in [-0.2, 0) is 10.0 Å². The zero-order valence-corrected chi connectivity index (χ0v) is 15.3. The molecule has 8 heteroatoms. The number of quaternary nitrogens is 1. The molecule has 0 bridgehead atoms. The molecule has 3 rings (SSSR count). The van der Waals surface area contributed by atoms with Crippen LogP contribution in [0.15, 0.2) is 47.4 Å². The minimum Gasteiger partial charge on any atom is -0.360 e. The molecule has 26 heavy (non-hydrogen) atoms. The number of rotatable bonds is 5. The van der Waals surface area contributed by atoms with E-state index in [1.807, 2.05) is 12.1 Å². The Morgan fingerprint density at radius 3 is 2.27 bits per heavy atom. The van der Waals surface area contributed by atoms with E-state index in [2.05, 4.69) is 16.5 Å². The van der Waals surface area contributed by atoms with Gasteiger partial charge in [0, 0.05) is 11.4 Å². The van der Waals surface area contributed by atoms with Gasteiger partial charge in [-0.1, -0.05) is 0 Å². The summed E-state index contributed by atoms with van der Waals surface area (Å²) < 4.78 is 53.3. The van der Waals surface area contributed by atoms with E-state index in [1.54, 1.807) is 17.0 Å². The molecule has 1 aliphatic rings. The number of halogens is 2. The molecule has 2 aromatic carbocycles. The zero-order valence-electron chi connectivity index (χ0n) is 14.5. The maximum atomic E-state index is 13.3. The average molecular weight is 382 g/mol. The van der Waals surface area contributed by atoms with Crippen LogP contribution < -0.4 is 14.5 Å². The predicted molar refractivity (Wildman–Crippen MR) is 97.1 cm³/mol. The summed E-state index contributed by atoms with van der Waals surface area (Å²) in [5.74, 6) is -2.28. The Morgan fingerprint density at radius 1 is 1.04 bits per heavy atom. The Kier molecular flexibility index (Phi) is 5.43. The summed E-state index contributed by atoms with van der Waals surface area (Å²) in [6.07, 6.45) is 0. The van der Waals surface area contributed by atoms with Crippen LogP contribution in [0, 0.1) is 11.6 Å². The lowest BCUT2D eigenvalue weighted by Crippen LogP contribution is -3.14. The molecular weight excluding hydrogens is 360 g/mol. The zero-order chi connectivity index (χ0) is 18.7. The number of nitrogens with zero attached hydrogens (tertiary/aromatic N) is 1. The highest BCUT2D eigenvalue weighted by Crippen LogP contribution is 2.21. The van der Waals surface area contributed by atoms with Gasteiger partial charge in [0.2, 0.25) is 0 Å². The molecule has 1 aliphatic heterocycles. The monoisotopic (exact) mass is 382 g/mol. The molecule has 0 spiro atoms. The molecule has 0 saturated carbocycles. The Balaban J connectivity index is 1.70. The molecule has 0 amide bonds. The van der Waals surface area contributed by atoms with Crippen LogP contribution in [-0.4, -0.2) is 41.1 Å². The fraction of sp³-hybridized carbons (Fsp3) is 0.333. The van der Waals surface area contributed by atoms with E-state index in [9.17, 15) is 17.2 Å². The molecule has 1 saturated heterocycles. The highest BCUT2D eigenvalue weighted by molar-refractivity contribution is 7.92. The normalized spacial score (nSPS) is 15.9. The van der Waals surface area contributed by atoms with Gasteiger partial charge in [0.15, 0.2) is 11.6 Å². The molecule has 5 nitrogen and oxygen atoms in total. The van der Waals surface area contributed by atoms with E-state index < -0.39 is 21.7 Å². The van der Waals surface area contributed by atoms with Crippen molar-refractivity contribution in [3.05, 3.63) is 54.1 Å². The van der Waals surface area contributed by atoms with E-state index in [1.165, 1.54) is 0 Å². The first-order valence-electron chi connectivity index (χ1n) is 8.55. The van der Waals surface area contributed by atoms with Crippen molar-refractivity contribution in [1.29, 1.82) is 0 Å². The standard InChI is InChI=1S/C18H21F2N3O2S/c1-2-22-9-11-23(12-10-22)15-5-3-14(4-6-15)21-26(24,25)16-7-8-17(19)18(20)13-16/h3-8,13,21H,2,9-12H2,1H3/p+1. The van der Waals surface area contributed by atoms with Gasteiger partial charge in [0.25, 0.3) is 10.0 Å². The van der Waals surface area contributed by atoms with Gasteiger partial charge < -0.3 is 9.80 Å². The Morgan fingerprint density at radius 2 is 1.69 bits per heavy atom. The average Bonchev–Trinajstić information content (AvgIpc) is 2.64. The highest BCUT2D eigenvalue weighted by atomic mass is 32.2. The van der Waals surface area contributed by atoms with Crippen LogP contribution in [0.2, 0.25) is 0 Å². The molecule has 0 unspecified atom stereocenters. The fourth-order valence-corrected chi connectivity index (χ4v) is 4.10. The third-order valence-electron chi connectivity index (χ3n) is 4.66. The number of nitrogens with one attached hydrogen (secondary N) is 2. The van der Waals surface area contributed by atoms with Crippen LogP contribution in [0.5, 0.6) is 0 Å². The lowest BCUT2D eigenvalue weighted by molar-refractivity contribution is -0.898. The second kappa shape index (κ2) is 7.59.